The highest BCUT2D eigenvalue weighted by Gasteiger charge is 2.20. The summed E-state index contributed by atoms with van der Waals surface area (Å²) in [6, 6.07) is 121. The van der Waals surface area contributed by atoms with Crippen molar-refractivity contribution in [3.8, 4) is 78.4 Å². The van der Waals surface area contributed by atoms with Gasteiger partial charge in [-0.2, -0.15) is 0 Å². The Kier molecular flexibility index (Phi) is 12.1. The molecule has 89 heavy (non-hydrogen) atoms. The standard InChI is InChI=1S/C84H54N4.B/c1-9-37-77-69(29-1)70-30-2-10-38-78(70)85(77)65-25-17-21-55(51-65)59-45-60(56-22-18-26-66(52-56)86-79-39-11-3-31-71(79)72-32-4-12-40-80(72)86)48-63(47-59)64-49-61(57-23-19-27-67(53-57)87-81-41-13-5-33-73(81)74-34-6-14-42-82(74)87)46-62(50-64)58-24-20-28-68(54-58)88-83-43-15-7-35-75(83)76-36-8-16-44-84(76)88;/h1-54H;. The van der Waals surface area contributed by atoms with E-state index < -0.39 is 0 Å². The van der Waals surface area contributed by atoms with Crippen molar-refractivity contribution < 1.29 is 0 Å². The molecule has 0 amide bonds. The molecule has 3 radical (unpaired) electrons. The number of aromatic nitrogens is 4. The van der Waals surface area contributed by atoms with Crippen molar-refractivity contribution >= 4 is 95.6 Å². The fraction of sp³-hybridized carbons (Fsp3) is 0. The third kappa shape index (κ3) is 8.38. The summed E-state index contributed by atoms with van der Waals surface area (Å²) < 4.78 is 9.69. The summed E-state index contributed by atoms with van der Waals surface area (Å²) in [6.07, 6.45) is 0. The van der Waals surface area contributed by atoms with E-state index in [2.05, 4.69) is 346 Å². The number of para-hydroxylation sites is 8. The summed E-state index contributed by atoms with van der Waals surface area (Å²) in [5, 5.41) is 9.95. The lowest BCUT2D eigenvalue weighted by Gasteiger charge is -2.17. The third-order valence-electron chi connectivity index (χ3n) is 18.3. The zero-order chi connectivity index (χ0) is 57.8. The molecule has 0 aliphatic carbocycles. The summed E-state index contributed by atoms with van der Waals surface area (Å²) in [6.45, 7) is 0. The van der Waals surface area contributed by atoms with Crippen LogP contribution in [0.15, 0.2) is 328 Å². The third-order valence-corrected chi connectivity index (χ3v) is 18.3. The Morgan fingerprint density at radius 3 is 0.472 bits per heavy atom. The second-order valence-electron chi connectivity index (χ2n) is 23.3. The van der Waals surface area contributed by atoms with Crippen LogP contribution in [0.2, 0.25) is 0 Å². The predicted molar refractivity (Wildman–Crippen MR) is 377 cm³/mol. The summed E-state index contributed by atoms with van der Waals surface area (Å²) in [7, 11) is 0. The molecule has 18 aromatic rings. The van der Waals surface area contributed by atoms with Crippen LogP contribution in [-0.4, -0.2) is 26.7 Å². The molecule has 0 spiro atoms. The van der Waals surface area contributed by atoms with Gasteiger partial charge < -0.3 is 18.3 Å². The minimum absolute atomic E-state index is 0. The van der Waals surface area contributed by atoms with Gasteiger partial charge in [0.25, 0.3) is 0 Å². The van der Waals surface area contributed by atoms with Gasteiger partial charge in [0.1, 0.15) is 0 Å². The highest BCUT2D eigenvalue weighted by atomic mass is 15.0. The average Bonchev–Trinajstić information content (AvgIpc) is 1.94. The molecule has 4 nitrogen and oxygen atoms in total. The van der Waals surface area contributed by atoms with Gasteiger partial charge in [0, 0.05) is 74.3 Å². The van der Waals surface area contributed by atoms with E-state index in [4.69, 9.17) is 0 Å². The molecule has 0 N–H and O–H groups in total. The van der Waals surface area contributed by atoms with Crippen LogP contribution >= 0.6 is 0 Å². The summed E-state index contributed by atoms with van der Waals surface area (Å²) >= 11 is 0. The maximum absolute atomic E-state index is 2.42. The van der Waals surface area contributed by atoms with Crippen LogP contribution in [0, 0.1) is 0 Å². The van der Waals surface area contributed by atoms with Crippen molar-refractivity contribution in [2.24, 2.45) is 0 Å². The maximum Gasteiger partial charge on any atom is 0.0541 e. The molecule has 0 saturated heterocycles. The van der Waals surface area contributed by atoms with Crippen molar-refractivity contribution in [1.29, 1.82) is 0 Å². The molecule has 5 heteroatoms. The monoisotopic (exact) mass is 1130 g/mol. The quantitative estimate of drug-likeness (QED) is 0.128. The molecule has 0 unspecified atom stereocenters. The van der Waals surface area contributed by atoms with Crippen LogP contribution in [0.3, 0.4) is 0 Å². The number of benzene rings is 14. The lowest BCUT2D eigenvalue weighted by atomic mass is 9.89. The fourth-order valence-corrected chi connectivity index (χ4v) is 14.4. The van der Waals surface area contributed by atoms with Crippen LogP contribution in [0.25, 0.3) is 166 Å². The smallest absolute Gasteiger partial charge is 0.0541 e. The molecule has 0 aliphatic heterocycles. The largest absolute Gasteiger partial charge is 0.309 e. The molecule has 0 atom stereocenters. The van der Waals surface area contributed by atoms with Crippen molar-refractivity contribution in [3.63, 3.8) is 0 Å². The van der Waals surface area contributed by atoms with E-state index in [1.54, 1.807) is 0 Å². The van der Waals surface area contributed by atoms with Gasteiger partial charge in [-0.05, 0) is 189 Å². The van der Waals surface area contributed by atoms with Crippen molar-refractivity contribution in [3.05, 3.63) is 328 Å². The Labute approximate surface area is 516 Å². The van der Waals surface area contributed by atoms with Gasteiger partial charge in [-0.3, -0.25) is 0 Å². The Morgan fingerprint density at radius 2 is 0.292 bits per heavy atom. The van der Waals surface area contributed by atoms with Gasteiger partial charge in [0.05, 0.1) is 44.1 Å². The first-order valence-electron chi connectivity index (χ1n) is 30.3. The first kappa shape index (κ1) is 51.7. The van der Waals surface area contributed by atoms with E-state index in [1.165, 1.54) is 87.2 Å². The molecular formula is C84H54BN4. The molecule has 0 aliphatic rings. The molecule has 4 aromatic heterocycles. The molecule has 0 fully saturated rings. The van der Waals surface area contributed by atoms with Crippen LogP contribution < -0.4 is 0 Å². The van der Waals surface area contributed by atoms with E-state index in [1.807, 2.05) is 0 Å². The zero-order valence-corrected chi connectivity index (χ0v) is 48.5. The van der Waals surface area contributed by atoms with E-state index in [-0.39, 0.29) is 8.41 Å². The predicted octanol–water partition coefficient (Wildman–Crippen LogP) is 22.0. The van der Waals surface area contributed by atoms with Gasteiger partial charge >= 0.3 is 0 Å². The molecular weight excluding hydrogens is 1080 g/mol. The Bertz CT molecular complexity index is 4920. The van der Waals surface area contributed by atoms with E-state index >= 15 is 0 Å². The van der Waals surface area contributed by atoms with E-state index in [0.29, 0.717) is 0 Å². The second-order valence-corrected chi connectivity index (χ2v) is 23.3. The van der Waals surface area contributed by atoms with Crippen molar-refractivity contribution in [2.45, 2.75) is 0 Å². The van der Waals surface area contributed by atoms with Crippen LogP contribution in [0.4, 0.5) is 0 Å². The van der Waals surface area contributed by atoms with E-state index in [9.17, 15) is 0 Å². The Balaban J connectivity index is 0.00000612. The van der Waals surface area contributed by atoms with Gasteiger partial charge in [0.2, 0.25) is 0 Å². The van der Waals surface area contributed by atoms with Crippen LogP contribution in [0.5, 0.6) is 0 Å². The van der Waals surface area contributed by atoms with Gasteiger partial charge in [-0.1, -0.05) is 194 Å². The number of nitrogens with zero attached hydrogens (tertiary/aromatic N) is 4. The van der Waals surface area contributed by atoms with Crippen LogP contribution in [0.1, 0.15) is 0 Å². The molecule has 4 heterocycles. The normalized spacial score (nSPS) is 11.7. The topological polar surface area (TPSA) is 19.7 Å². The highest BCUT2D eigenvalue weighted by molar-refractivity contribution is 6.12. The number of fused-ring (bicyclic) bond motifs is 12. The SMILES string of the molecule is [B].c1cc(-c2cc(-c3cc(-c4cccc(-n5c6ccccc6c6ccccc65)c4)cc(-c4cccc(-n5c6ccccc6c6ccccc65)c4)c3)cc(-c3cccc(-n4c5ccccc5c5ccccc54)c3)c2)cc(-n2c3ccccc3c3ccccc32)c1. The first-order valence-corrected chi connectivity index (χ1v) is 30.3. The second kappa shape index (κ2) is 20.8. The van der Waals surface area contributed by atoms with Crippen LogP contribution in [-0.2, 0) is 0 Å². The van der Waals surface area contributed by atoms with E-state index in [0.717, 1.165) is 78.4 Å². The van der Waals surface area contributed by atoms with Gasteiger partial charge in [0.15, 0.2) is 0 Å². The molecule has 18 rings (SSSR count). The Morgan fingerprint density at radius 1 is 0.135 bits per heavy atom. The fourth-order valence-electron chi connectivity index (χ4n) is 14.4. The summed E-state index contributed by atoms with van der Waals surface area (Å²) in [5.74, 6) is 0. The minimum atomic E-state index is 0. The molecule has 413 valence electrons. The average molecular weight is 1130 g/mol. The lowest BCUT2D eigenvalue weighted by Crippen LogP contribution is -1.96. The van der Waals surface area contributed by atoms with Gasteiger partial charge in [-0.25, -0.2) is 0 Å². The summed E-state index contributed by atoms with van der Waals surface area (Å²) in [5.41, 5.74) is 25.3. The first-order chi connectivity index (χ1) is 43.6. The van der Waals surface area contributed by atoms with Crippen molar-refractivity contribution in [2.75, 3.05) is 0 Å². The Hall–Kier alpha value is -11.7. The molecule has 14 aromatic carbocycles. The van der Waals surface area contributed by atoms with Crippen molar-refractivity contribution in [1.82, 2.24) is 18.3 Å². The number of rotatable bonds is 9. The van der Waals surface area contributed by atoms with Gasteiger partial charge in [-0.15, -0.1) is 0 Å². The lowest BCUT2D eigenvalue weighted by molar-refractivity contribution is 1.18. The zero-order valence-electron chi connectivity index (χ0n) is 48.5. The minimum Gasteiger partial charge on any atom is -0.309 e. The molecule has 0 bridgehead atoms. The number of hydrogen-bond donors (Lipinski definition) is 0. The summed E-state index contributed by atoms with van der Waals surface area (Å²) in [4.78, 5) is 0. The highest BCUT2D eigenvalue weighted by Crippen LogP contribution is 2.43. The maximum atomic E-state index is 2.42. The number of hydrogen-bond acceptors (Lipinski definition) is 0. The molecule has 0 saturated carbocycles.